The Hall–Kier alpha value is -3.60. The van der Waals surface area contributed by atoms with E-state index in [9.17, 15) is 14.7 Å². The molecule has 0 spiro atoms. The van der Waals surface area contributed by atoms with Crippen molar-refractivity contribution in [3.63, 3.8) is 0 Å². The lowest BCUT2D eigenvalue weighted by Crippen LogP contribution is -2.07. The smallest absolute Gasteiger partial charge is 0.335 e. The van der Waals surface area contributed by atoms with Gasteiger partial charge in [-0.2, -0.15) is 0 Å². The number of allylic oxidation sites excluding steroid dienone is 1. The Bertz CT molecular complexity index is 1130. The summed E-state index contributed by atoms with van der Waals surface area (Å²) in [6.07, 6.45) is 3.80. The molecule has 0 saturated heterocycles. The summed E-state index contributed by atoms with van der Waals surface area (Å²) in [5.41, 5.74) is 2.75. The summed E-state index contributed by atoms with van der Waals surface area (Å²) in [6.45, 7) is 3.33. The van der Waals surface area contributed by atoms with Crippen LogP contribution in [0, 0.1) is 0 Å². The van der Waals surface area contributed by atoms with Gasteiger partial charge in [0.25, 0.3) is 0 Å². The van der Waals surface area contributed by atoms with Crippen molar-refractivity contribution in [3.05, 3.63) is 77.4 Å². The molecule has 0 amide bonds. The molecule has 5 nitrogen and oxygen atoms in total. The molecule has 0 radical (unpaired) electrons. The fourth-order valence-electron chi connectivity index (χ4n) is 3.67. The van der Waals surface area contributed by atoms with Crippen molar-refractivity contribution in [1.29, 1.82) is 0 Å². The number of rotatable bonds is 8. The zero-order chi connectivity index (χ0) is 22.4. The second-order valence-corrected chi connectivity index (χ2v) is 7.26. The minimum atomic E-state index is -1.01. The van der Waals surface area contributed by atoms with E-state index in [1.807, 2.05) is 55.5 Å². The zero-order valence-electron chi connectivity index (χ0n) is 18.0. The number of hydrogen-bond donors (Lipinski definition) is 1. The molecule has 1 N–H and O–H groups in total. The molecule has 0 fully saturated rings. The number of carbonyl (C=O) groups is 2. The highest BCUT2D eigenvalue weighted by Crippen LogP contribution is 2.43. The first-order valence-electron chi connectivity index (χ1n) is 10.2. The second kappa shape index (κ2) is 9.94. The number of carbonyl (C=O) groups excluding carboxylic acids is 1. The summed E-state index contributed by atoms with van der Waals surface area (Å²) in [5, 5.41) is 11.3. The number of hydrogen-bond acceptors (Lipinski definition) is 4. The first-order chi connectivity index (χ1) is 15.0. The third-order valence-corrected chi connectivity index (χ3v) is 5.03. The van der Waals surface area contributed by atoms with E-state index in [1.54, 1.807) is 12.1 Å². The summed E-state index contributed by atoms with van der Waals surface area (Å²) in [4.78, 5) is 24.0. The molecule has 0 aromatic heterocycles. The summed E-state index contributed by atoms with van der Waals surface area (Å²) in [6, 6.07) is 17.3. The summed E-state index contributed by atoms with van der Waals surface area (Å²) >= 11 is 0. The number of carboxylic acids is 1. The van der Waals surface area contributed by atoms with E-state index in [2.05, 4.69) is 0 Å². The van der Waals surface area contributed by atoms with E-state index in [-0.39, 0.29) is 5.57 Å². The van der Waals surface area contributed by atoms with Crippen molar-refractivity contribution in [1.82, 2.24) is 0 Å². The predicted octanol–water partition coefficient (Wildman–Crippen LogP) is 5.63. The summed E-state index contributed by atoms with van der Waals surface area (Å²) < 4.78 is 11.1. The minimum Gasteiger partial charge on any atom is -0.493 e. The van der Waals surface area contributed by atoms with E-state index in [0.29, 0.717) is 40.7 Å². The van der Waals surface area contributed by atoms with Gasteiger partial charge in [0, 0.05) is 17.9 Å². The maximum atomic E-state index is 12.1. The molecule has 0 aliphatic heterocycles. The fourth-order valence-corrected chi connectivity index (χ4v) is 3.67. The van der Waals surface area contributed by atoms with Crippen LogP contribution in [0.15, 0.2) is 60.7 Å². The van der Waals surface area contributed by atoms with Crippen LogP contribution in [0.2, 0.25) is 0 Å². The highest BCUT2D eigenvalue weighted by molar-refractivity contribution is 6.20. The third-order valence-electron chi connectivity index (χ3n) is 5.03. The van der Waals surface area contributed by atoms with Crippen LogP contribution in [-0.4, -0.2) is 24.2 Å². The molecule has 160 valence electrons. The van der Waals surface area contributed by atoms with Gasteiger partial charge in [-0.1, -0.05) is 68.0 Å². The van der Waals surface area contributed by atoms with Crippen LogP contribution in [0.4, 0.5) is 0 Å². The van der Waals surface area contributed by atoms with Gasteiger partial charge in [-0.25, -0.2) is 4.79 Å². The van der Waals surface area contributed by atoms with Crippen LogP contribution in [0.5, 0.6) is 11.5 Å². The SMILES string of the molecule is CCC/C=C(\C(=O)O)c1cc(OC)c(OC(C)=O)c2c(Cc3ccccc3)cccc12. The van der Waals surface area contributed by atoms with Crippen molar-refractivity contribution in [2.45, 2.75) is 33.1 Å². The monoisotopic (exact) mass is 418 g/mol. The van der Waals surface area contributed by atoms with Crippen LogP contribution < -0.4 is 9.47 Å². The van der Waals surface area contributed by atoms with Crippen LogP contribution in [-0.2, 0) is 16.0 Å². The fraction of sp³-hybridized carbons (Fsp3) is 0.231. The van der Waals surface area contributed by atoms with E-state index >= 15 is 0 Å². The van der Waals surface area contributed by atoms with Gasteiger partial charge in [0.15, 0.2) is 11.5 Å². The van der Waals surface area contributed by atoms with Crippen molar-refractivity contribution in [3.8, 4) is 11.5 Å². The second-order valence-electron chi connectivity index (χ2n) is 7.26. The number of methoxy groups -OCH3 is 1. The first-order valence-corrected chi connectivity index (χ1v) is 10.2. The minimum absolute atomic E-state index is 0.205. The van der Waals surface area contributed by atoms with E-state index in [0.717, 1.165) is 17.5 Å². The van der Waals surface area contributed by atoms with E-state index < -0.39 is 11.9 Å². The molecular formula is C26H26O5. The lowest BCUT2D eigenvalue weighted by molar-refractivity contribution is -0.132. The Morgan fingerprint density at radius 3 is 2.42 bits per heavy atom. The van der Waals surface area contributed by atoms with Gasteiger partial charge in [-0.15, -0.1) is 0 Å². The lowest BCUT2D eigenvalue weighted by Gasteiger charge is -2.18. The highest BCUT2D eigenvalue weighted by Gasteiger charge is 2.22. The number of aliphatic carboxylic acids is 1. The summed E-state index contributed by atoms with van der Waals surface area (Å²) in [7, 11) is 1.48. The molecule has 3 rings (SSSR count). The average Bonchev–Trinajstić information content (AvgIpc) is 2.75. The quantitative estimate of drug-likeness (QED) is 0.291. The maximum Gasteiger partial charge on any atom is 0.335 e. The van der Waals surface area contributed by atoms with Crippen LogP contribution in [0.3, 0.4) is 0 Å². The number of ether oxygens (including phenoxy) is 2. The molecule has 5 heteroatoms. The number of benzene rings is 3. The van der Waals surface area contributed by atoms with Crippen LogP contribution >= 0.6 is 0 Å². The van der Waals surface area contributed by atoms with Gasteiger partial charge in [0.05, 0.1) is 12.7 Å². The van der Waals surface area contributed by atoms with Gasteiger partial charge < -0.3 is 14.6 Å². The predicted molar refractivity (Wildman–Crippen MR) is 122 cm³/mol. The Morgan fingerprint density at radius 2 is 1.81 bits per heavy atom. The van der Waals surface area contributed by atoms with Gasteiger partial charge in [-0.05, 0) is 35.4 Å². The van der Waals surface area contributed by atoms with Gasteiger partial charge >= 0.3 is 11.9 Å². The molecule has 0 atom stereocenters. The third kappa shape index (κ3) is 4.94. The Labute approximate surface area is 181 Å². The lowest BCUT2D eigenvalue weighted by atomic mass is 9.91. The number of fused-ring (bicyclic) bond motifs is 1. The number of carboxylic acid groups (broad SMARTS) is 1. The maximum absolute atomic E-state index is 12.1. The number of esters is 1. The molecule has 0 unspecified atom stereocenters. The molecule has 0 aliphatic rings. The first kappa shape index (κ1) is 22.1. The van der Waals surface area contributed by atoms with E-state index in [1.165, 1.54) is 14.0 Å². The molecular weight excluding hydrogens is 392 g/mol. The van der Waals surface area contributed by atoms with Crippen molar-refractivity contribution in [2.24, 2.45) is 0 Å². The van der Waals surface area contributed by atoms with Gasteiger partial charge in [-0.3, -0.25) is 4.79 Å². The van der Waals surface area contributed by atoms with Gasteiger partial charge in [0.2, 0.25) is 0 Å². The van der Waals surface area contributed by atoms with Crippen molar-refractivity contribution >= 4 is 28.3 Å². The van der Waals surface area contributed by atoms with Crippen LogP contribution in [0.1, 0.15) is 43.4 Å². The molecule has 3 aromatic carbocycles. The summed E-state index contributed by atoms with van der Waals surface area (Å²) in [5.74, 6) is -0.852. The van der Waals surface area contributed by atoms with Gasteiger partial charge in [0.1, 0.15) is 0 Å². The zero-order valence-corrected chi connectivity index (χ0v) is 18.0. The Balaban J connectivity index is 2.36. The Morgan fingerprint density at radius 1 is 1.06 bits per heavy atom. The standard InChI is InChI=1S/C26H26O5/c1-4-5-13-21(26(28)29)22-16-23(30-3)25(31-17(2)27)24-19(12-9-14-20(22)24)15-18-10-7-6-8-11-18/h6-14,16H,4-5,15H2,1-3H3,(H,28,29)/b21-13-. The van der Waals surface area contributed by atoms with Crippen molar-refractivity contribution in [2.75, 3.05) is 7.11 Å². The molecule has 3 aromatic rings. The topological polar surface area (TPSA) is 72.8 Å². The molecule has 0 aliphatic carbocycles. The molecule has 0 saturated carbocycles. The highest BCUT2D eigenvalue weighted by atomic mass is 16.6. The van der Waals surface area contributed by atoms with Crippen LogP contribution in [0.25, 0.3) is 16.3 Å². The normalized spacial score (nSPS) is 11.4. The molecule has 31 heavy (non-hydrogen) atoms. The molecule has 0 bridgehead atoms. The average molecular weight is 418 g/mol. The van der Waals surface area contributed by atoms with E-state index in [4.69, 9.17) is 9.47 Å². The number of unbranched alkanes of at least 4 members (excludes halogenated alkanes) is 1. The Kier molecular flexibility index (Phi) is 7.08. The van der Waals surface area contributed by atoms with Crippen molar-refractivity contribution < 1.29 is 24.2 Å². The largest absolute Gasteiger partial charge is 0.493 e. The molecule has 0 heterocycles.